The lowest BCUT2D eigenvalue weighted by Crippen LogP contribution is -2.54. The lowest BCUT2D eigenvalue weighted by molar-refractivity contribution is -0.134. The van der Waals surface area contributed by atoms with Crippen LogP contribution in [0.1, 0.15) is 18.4 Å². The number of amides is 1. The summed E-state index contributed by atoms with van der Waals surface area (Å²) in [5.41, 5.74) is 4.90. The number of hydroxylamine groups is 1. The number of benzene rings is 2. The standard InChI is InChI=1S/C21H22N4O5S/c1-15-2-4-16(5-3-15)19-14-25(24-22-19)17-6-8-18(9-7-17)31(28,29)21(20(26)23-27)10-12-30-13-11-21/h2-9,14,27H,10-13H2,1H3,(H,23,26). The molecule has 1 fully saturated rings. The predicted molar refractivity (Wildman–Crippen MR) is 111 cm³/mol. The summed E-state index contributed by atoms with van der Waals surface area (Å²) in [5, 5.41) is 17.5. The van der Waals surface area contributed by atoms with Gasteiger partial charge in [0.1, 0.15) is 5.69 Å². The summed E-state index contributed by atoms with van der Waals surface area (Å²) >= 11 is 0. The molecule has 2 aromatic carbocycles. The van der Waals surface area contributed by atoms with Crippen LogP contribution in [0.3, 0.4) is 0 Å². The minimum Gasteiger partial charge on any atom is -0.381 e. The van der Waals surface area contributed by atoms with Crippen LogP contribution in [0.15, 0.2) is 59.6 Å². The van der Waals surface area contributed by atoms with Crippen molar-refractivity contribution < 1.29 is 23.2 Å². The summed E-state index contributed by atoms with van der Waals surface area (Å²) in [7, 11) is -4.07. The highest BCUT2D eigenvalue weighted by molar-refractivity contribution is 7.93. The first-order valence-corrected chi connectivity index (χ1v) is 11.2. The third kappa shape index (κ3) is 3.73. The highest BCUT2D eigenvalue weighted by Gasteiger charge is 2.52. The topological polar surface area (TPSA) is 123 Å². The molecule has 2 heterocycles. The third-order valence-corrected chi connectivity index (χ3v) is 8.10. The fourth-order valence-electron chi connectivity index (χ4n) is 3.67. The van der Waals surface area contributed by atoms with E-state index in [1.54, 1.807) is 23.0 Å². The lowest BCUT2D eigenvalue weighted by atomic mass is 9.98. The van der Waals surface area contributed by atoms with Gasteiger partial charge in [0.05, 0.1) is 16.8 Å². The fourth-order valence-corrected chi connectivity index (χ4v) is 5.61. The van der Waals surface area contributed by atoms with E-state index >= 15 is 0 Å². The van der Waals surface area contributed by atoms with Crippen LogP contribution in [0.5, 0.6) is 0 Å². The van der Waals surface area contributed by atoms with Gasteiger partial charge in [0.2, 0.25) is 0 Å². The second-order valence-electron chi connectivity index (χ2n) is 7.46. The van der Waals surface area contributed by atoms with Crippen molar-refractivity contribution in [1.82, 2.24) is 20.5 Å². The molecule has 1 saturated heterocycles. The monoisotopic (exact) mass is 442 g/mol. The first-order chi connectivity index (χ1) is 14.9. The van der Waals surface area contributed by atoms with Crippen LogP contribution in [0, 0.1) is 6.92 Å². The molecule has 0 bridgehead atoms. The highest BCUT2D eigenvalue weighted by Crippen LogP contribution is 2.35. The molecule has 1 amide bonds. The van der Waals surface area contributed by atoms with Crippen LogP contribution in [-0.2, 0) is 19.4 Å². The summed E-state index contributed by atoms with van der Waals surface area (Å²) < 4.78 is 31.6. The molecule has 0 saturated carbocycles. The Bertz CT molecular complexity index is 1180. The Morgan fingerprint density at radius 1 is 1.10 bits per heavy atom. The smallest absolute Gasteiger partial charge is 0.265 e. The van der Waals surface area contributed by atoms with Crippen LogP contribution in [0.4, 0.5) is 0 Å². The highest BCUT2D eigenvalue weighted by atomic mass is 32.2. The molecular formula is C21H22N4O5S. The van der Waals surface area contributed by atoms with E-state index in [9.17, 15) is 13.2 Å². The second kappa shape index (κ2) is 8.22. The number of carbonyl (C=O) groups is 1. The molecule has 3 aromatic rings. The van der Waals surface area contributed by atoms with Gasteiger partial charge in [-0.3, -0.25) is 10.0 Å². The second-order valence-corrected chi connectivity index (χ2v) is 9.72. The number of sulfone groups is 1. The van der Waals surface area contributed by atoms with Crippen LogP contribution >= 0.6 is 0 Å². The van der Waals surface area contributed by atoms with Gasteiger partial charge in [-0.05, 0) is 44.0 Å². The Hall–Kier alpha value is -3.08. The van der Waals surface area contributed by atoms with Crippen LogP contribution in [0.25, 0.3) is 16.9 Å². The molecule has 0 radical (unpaired) electrons. The zero-order valence-corrected chi connectivity index (χ0v) is 17.7. The van der Waals surface area contributed by atoms with E-state index in [0.717, 1.165) is 11.1 Å². The van der Waals surface area contributed by atoms with Crippen molar-refractivity contribution in [2.75, 3.05) is 13.2 Å². The van der Waals surface area contributed by atoms with Crippen LogP contribution in [0.2, 0.25) is 0 Å². The molecule has 1 aliphatic rings. The van der Waals surface area contributed by atoms with E-state index in [0.29, 0.717) is 11.4 Å². The summed E-state index contributed by atoms with van der Waals surface area (Å²) in [6.45, 7) is 2.24. The zero-order chi connectivity index (χ0) is 22.1. The molecular weight excluding hydrogens is 420 g/mol. The Balaban J connectivity index is 1.63. The van der Waals surface area contributed by atoms with Crippen molar-refractivity contribution in [1.29, 1.82) is 0 Å². The van der Waals surface area contributed by atoms with Crippen molar-refractivity contribution in [3.63, 3.8) is 0 Å². The minimum absolute atomic E-state index is 0.0133. The van der Waals surface area contributed by atoms with Crippen molar-refractivity contribution in [3.05, 3.63) is 60.3 Å². The minimum atomic E-state index is -4.07. The summed E-state index contributed by atoms with van der Waals surface area (Å²) in [5.74, 6) is -0.945. The Morgan fingerprint density at radius 3 is 2.35 bits per heavy atom. The number of carbonyl (C=O) groups excluding carboxylic acids is 1. The van der Waals surface area contributed by atoms with E-state index in [2.05, 4.69) is 10.3 Å². The molecule has 4 rings (SSSR count). The third-order valence-electron chi connectivity index (χ3n) is 5.58. The van der Waals surface area contributed by atoms with E-state index in [-0.39, 0.29) is 31.0 Å². The van der Waals surface area contributed by atoms with Gasteiger partial charge in [-0.25, -0.2) is 18.6 Å². The SMILES string of the molecule is Cc1ccc(-c2cn(-c3ccc(S(=O)(=O)C4(C(=O)NO)CCOCC4)cc3)nn2)cc1. The molecule has 2 N–H and O–H groups in total. The van der Waals surface area contributed by atoms with Gasteiger partial charge in [0.15, 0.2) is 14.6 Å². The van der Waals surface area contributed by atoms with Crippen LogP contribution in [-0.4, -0.2) is 52.5 Å². The molecule has 10 heteroatoms. The van der Waals surface area contributed by atoms with E-state index < -0.39 is 20.5 Å². The van der Waals surface area contributed by atoms with Gasteiger partial charge >= 0.3 is 0 Å². The molecule has 1 aromatic heterocycles. The van der Waals surface area contributed by atoms with Gasteiger partial charge in [-0.15, -0.1) is 5.10 Å². The van der Waals surface area contributed by atoms with Crippen molar-refractivity contribution in [3.8, 4) is 16.9 Å². The summed E-state index contributed by atoms with van der Waals surface area (Å²) in [6, 6.07) is 14.0. The predicted octanol–water partition coefficient (Wildman–Crippen LogP) is 2.07. The molecule has 0 atom stereocenters. The average molecular weight is 442 g/mol. The molecule has 0 spiro atoms. The van der Waals surface area contributed by atoms with Gasteiger partial charge < -0.3 is 4.74 Å². The Labute approximate surface area is 179 Å². The number of hydrogen-bond donors (Lipinski definition) is 2. The summed E-state index contributed by atoms with van der Waals surface area (Å²) in [4.78, 5) is 12.3. The zero-order valence-electron chi connectivity index (χ0n) is 16.9. The number of nitrogens with zero attached hydrogens (tertiary/aromatic N) is 3. The quantitative estimate of drug-likeness (QED) is 0.458. The van der Waals surface area contributed by atoms with Gasteiger partial charge in [0, 0.05) is 18.8 Å². The molecule has 0 aliphatic carbocycles. The molecule has 1 aliphatic heterocycles. The summed E-state index contributed by atoms with van der Waals surface area (Å²) in [6.07, 6.45) is 1.69. The Kier molecular flexibility index (Phi) is 5.61. The number of rotatable bonds is 5. The van der Waals surface area contributed by atoms with Crippen LogP contribution < -0.4 is 5.48 Å². The van der Waals surface area contributed by atoms with Gasteiger partial charge in [-0.2, -0.15) is 0 Å². The van der Waals surface area contributed by atoms with Gasteiger partial charge in [0.25, 0.3) is 5.91 Å². The first kappa shape index (κ1) is 21.2. The van der Waals surface area contributed by atoms with E-state index in [4.69, 9.17) is 9.94 Å². The largest absolute Gasteiger partial charge is 0.381 e. The Morgan fingerprint density at radius 2 is 1.74 bits per heavy atom. The van der Waals surface area contributed by atoms with Crippen molar-refractivity contribution in [2.45, 2.75) is 29.4 Å². The first-order valence-electron chi connectivity index (χ1n) is 9.74. The molecule has 0 unspecified atom stereocenters. The fraction of sp³-hybridized carbons (Fsp3) is 0.286. The van der Waals surface area contributed by atoms with Crippen molar-refractivity contribution >= 4 is 15.7 Å². The normalized spacial score (nSPS) is 16.1. The van der Waals surface area contributed by atoms with Gasteiger partial charge in [-0.1, -0.05) is 35.0 Å². The number of nitrogens with one attached hydrogen (secondary N) is 1. The molecule has 9 nitrogen and oxygen atoms in total. The number of ether oxygens (including phenoxy) is 1. The maximum absolute atomic E-state index is 13.3. The number of aryl methyl sites for hydroxylation is 1. The average Bonchev–Trinajstić information content (AvgIpc) is 3.29. The maximum Gasteiger partial charge on any atom is 0.265 e. The van der Waals surface area contributed by atoms with E-state index in [1.807, 2.05) is 31.2 Å². The lowest BCUT2D eigenvalue weighted by Gasteiger charge is -2.34. The van der Waals surface area contributed by atoms with Crippen molar-refractivity contribution in [2.24, 2.45) is 0 Å². The molecule has 31 heavy (non-hydrogen) atoms. The number of hydrogen-bond acceptors (Lipinski definition) is 7. The maximum atomic E-state index is 13.3. The number of aromatic nitrogens is 3. The van der Waals surface area contributed by atoms with E-state index in [1.165, 1.54) is 17.6 Å². The molecule has 162 valence electrons.